The minimum absolute atomic E-state index is 0.242. The molecule has 0 bridgehead atoms. The predicted octanol–water partition coefficient (Wildman–Crippen LogP) is 3.30. The van der Waals surface area contributed by atoms with Gasteiger partial charge in [-0.15, -0.1) is 0 Å². The molecule has 2 aliphatic heterocycles. The Kier molecular flexibility index (Phi) is 5.71. The van der Waals surface area contributed by atoms with Crippen LogP contribution in [0, 0.1) is 0 Å². The quantitative estimate of drug-likeness (QED) is 0.746. The van der Waals surface area contributed by atoms with Gasteiger partial charge in [-0.25, -0.2) is 4.79 Å². The smallest absolute Gasteiger partial charge is 0.340 e. The van der Waals surface area contributed by atoms with Crippen molar-refractivity contribution in [2.75, 3.05) is 13.2 Å². The molecule has 2 heterocycles. The minimum atomic E-state index is -0.818. The van der Waals surface area contributed by atoms with Crippen LogP contribution < -0.4 is 0 Å². The highest BCUT2D eigenvalue weighted by Gasteiger charge is 2.45. The van der Waals surface area contributed by atoms with Crippen molar-refractivity contribution in [2.24, 2.45) is 0 Å². The highest BCUT2D eigenvalue weighted by atomic mass is 16.7. The van der Waals surface area contributed by atoms with Gasteiger partial charge in [-0.1, -0.05) is 6.42 Å². The van der Waals surface area contributed by atoms with Gasteiger partial charge in [0.15, 0.2) is 11.9 Å². The van der Waals surface area contributed by atoms with E-state index in [1.807, 2.05) is 0 Å². The van der Waals surface area contributed by atoms with Gasteiger partial charge in [-0.3, -0.25) is 0 Å². The normalized spacial score (nSPS) is 32.4. The zero-order chi connectivity index (χ0) is 15.3. The Morgan fingerprint density at radius 3 is 2.05 bits per heavy atom. The lowest BCUT2D eigenvalue weighted by Gasteiger charge is -2.39. The van der Waals surface area contributed by atoms with Gasteiger partial charge in [-0.05, 0) is 57.8 Å². The second kappa shape index (κ2) is 7.75. The van der Waals surface area contributed by atoms with Crippen molar-refractivity contribution in [2.45, 2.75) is 88.8 Å². The fourth-order valence-corrected chi connectivity index (χ4v) is 3.58. The number of rotatable bonds is 4. The van der Waals surface area contributed by atoms with Crippen LogP contribution in [0.2, 0.25) is 0 Å². The average molecular weight is 312 g/mol. The van der Waals surface area contributed by atoms with E-state index in [4.69, 9.17) is 18.9 Å². The summed E-state index contributed by atoms with van der Waals surface area (Å²) < 4.78 is 23.0. The van der Waals surface area contributed by atoms with Gasteiger partial charge in [0.25, 0.3) is 0 Å². The van der Waals surface area contributed by atoms with Crippen LogP contribution in [-0.4, -0.2) is 37.4 Å². The van der Waals surface area contributed by atoms with Gasteiger partial charge in [0.2, 0.25) is 6.29 Å². The van der Waals surface area contributed by atoms with Crippen molar-refractivity contribution in [3.8, 4) is 0 Å². The molecule has 0 aromatic rings. The first-order chi connectivity index (χ1) is 10.8. The van der Waals surface area contributed by atoms with Crippen molar-refractivity contribution in [1.29, 1.82) is 0 Å². The molecular weight excluding hydrogens is 284 g/mol. The van der Waals surface area contributed by atoms with Crippen molar-refractivity contribution in [3.63, 3.8) is 0 Å². The largest absolute Gasteiger partial charge is 0.434 e. The summed E-state index contributed by atoms with van der Waals surface area (Å²) in [6.45, 7) is 1.40. The molecule has 0 spiro atoms. The molecule has 0 aromatic carbocycles. The molecule has 0 radical (unpaired) electrons. The SMILES string of the molecule is O=C(OC1CCCCO1)C1(OC2CCCCO2)CCCCC1. The summed E-state index contributed by atoms with van der Waals surface area (Å²) >= 11 is 0. The summed E-state index contributed by atoms with van der Waals surface area (Å²) in [5.74, 6) is -0.242. The highest BCUT2D eigenvalue weighted by molar-refractivity contribution is 5.79. The molecular formula is C17H28O5. The van der Waals surface area contributed by atoms with Gasteiger partial charge < -0.3 is 18.9 Å². The summed E-state index contributed by atoms with van der Waals surface area (Å²) in [5, 5.41) is 0. The van der Waals surface area contributed by atoms with E-state index in [2.05, 4.69) is 0 Å². The van der Waals surface area contributed by atoms with Gasteiger partial charge >= 0.3 is 5.97 Å². The maximum Gasteiger partial charge on any atom is 0.340 e. The van der Waals surface area contributed by atoms with Crippen LogP contribution in [0.5, 0.6) is 0 Å². The third kappa shape index (κ3) is 4.00. The average Bonchev–Trinajstić information content (AvgIpc) is 2.57. The molecule has 2 atom stereocenters. The summed E-state index contributed by atoms with van der Waals surface area (Å²) in [6.07, 6.45) is 9.93. The molecule has 1 aliphatic carbocycles. The molecule has 5 nitrogen and oxygen atoms in total. The van der Waals surface area contributed by atoms with Crippen LogP contribution in [-0.2, 0) is 23.7 Å². The van der Waals surface area contributed by atoms with Crippen molar-refractivity contribution >= 4 is 5.97 Å². The predicted molar refractivity (Wildman–Crippen MR) is 80.2 cm³/mol. The Bertz CT molecular complexity index is 352. The lowest BCUT2D eigenvalue weighted by Crippen LogP contribution is -2.49. The van der Waals surface area contributed by atoms with Gasteiger partial charge in [-0.2, -0.15) is 0 Å². The fraction of sp³-hybridized carbons (Fsp3) is 0.941. The van der Waals surface area contributed by atoms with Crippen LogP contribution in [0.4, 0.5) is 0 Å². The third-order valence-electron chi connectivity index (χ3n) is 4.90. The van der Waals surface area contributed by atoms with Crippen LogP contribution in [0.15, 0.2) is 0 Å². The van der Waals surface area contributed by atoms with Crippen LogP contribution in [0.3, 0.4) is 0 Å². The fourth-order valence-electron chi connectivity index (χ4n) is 3.58. The molecule has 0 amide bonds. The van der Waals surface area contributed by atoms with Crippen molar-refractivity contribution < 1.29 is 23.7 Å². The second-order valence-corrected chi connectivity index (χ2v) is 6.67. The van der Waals surface area contributed by atoms with E-state index in [1.54, 1.807) is 0 Å². The molecule has 5 heteroatoms. The molecule has 0 aromatic heterocycles. The van der Waals surface area contributed by atoms with Gasteiger partial charge in [0.05, 0.1) is 6.61 Å². The van der Waals surface area contributed by atoms with E-state index in [0.717, 1.165) is 77.2 Å². The number of hydrogen-bond acceptors (Lipinski definition) is 5. The molecule has 1 saturated carbocycles. The van der Waals surface area contributed by atoms with Crippen molar-refractivity contribution in [1.82, 2.24) is 0 Å². The Morgan fingerprint density at radius 1 is 0.818 bits per heavy atom. The Hall–Kier alpha value is -0.650. The third-order valence-corrected chi connectivity index (χ3v) is 4.90. The number of ether oxygens (including phenoxy) is 4. The second-order valence-electron chi connectivity index (χ2n) is 6.67. The maximum absolute atomic E-state index is 12.8. The standard InChI is InChI=1S/C17H28O5/c18-16(21-14-8-2-6-12-19-14)17(10-4-1-5-11-17)22-15-9-3-7-13-20-15/h14-15H,1-13H2. The molecule has 126 valence electrons. The minimum Gasteiger partial charge on any atom is -0.434 e. The maximum atomic E-state index is 12.8. The number of carbonyl (C=O) groups excluding carboxylic acids is 1. The molecule has 22 heavy (non-hydrogen) atoms. The molecule has 2 unspecified atom stereocenters. The zero-order valence-corrected chi connectivity index (χ0v) is 13.4. The van der Waals surface area contributed by atoms with Gasteiger partial charge in [0.1, 0.15) is 0 Å². The van der Waals surface area contributed by atoms with Crippen LogP contribution in [0.25, 0.3) is 0 Å². The molecule has 2 saturated heterocycles. The van der Waals surface area contributed by atoms with E-state index in [-0.39, 0.29) is 12.3 Å². The van der Waals surface area contributed by atoms with Crippen LogP contribution in [0.1, 0.15) is 70.6 Å². The molecule has 3 fully saturated rings. The van der Waals surface area contributed by atoms with Crippen molar-refractivity contribution in [3.05, 3.63) is 0 Å². The van der Waals surface area contributed by atoms with E-state index in [0.29, 0.717) is 6.61 Å². The molecule has 3 aliphatic rings. The monoisotopic (exact) mass is 312 g/mol. The Morgan fingerprint density at radius 2 is 1.45 bits per heavy atom. The summed E-state index contributed by atoms with van der Waals surface area (Å²) in [4.78, 5) is 12.8. The van der Waals surface area contributed by atoms with E-state index >= 15 is 0 Å². The first-order valence-corrected chi connectivity index (χ1v) is 8.91. The lowest BCUT2D eigenvalue weighted by atomic mass is 9.84. The topological polar surface area (TPSA) is 54.0 Å². The number of carbonyl (C=O) groups is 1. The zero-order valence-electron chi connectivity index (χ0n) is 13.4. The van der Waals surface area contributed by atoms with Crippen LogP contribution >= 0.6 is 0 Å². The molecule has 0 N–H and O–H groups in total. The Labute approximate surface area is 132 Å². The summed E-state index contributed by atoms with van der Waals surface area (Å²) in [5.41, 5.74) is -0.818. The number of hydrogen-bond donors (Lipinski definition) is 0. The van der Waals surface area contributed by atoms with Gasteiger partial charge in [0, 0.05) is 13.0 Å². The first-order valence-electron chi connectivity index (χ1n) is 8.91. The summed E-state index contributed by atoms with van der Waals surface area (Å²) in [7, 11) is 0. The first kappa shape index (κ1) is 16.2. The number of esters is 1. The lowest BCUT2D eigenvalue weighted by molar-refractivity contribution is -0.254. The summed E-state index contributed by atoms with van der Waals surface area (Å²) in [6, 6.07) is 0. The van der Waals surface area contributed by atoms with E-state index in [1.165, 1.54) is 0 Å². The van der Waals surface area contributed by atoms with E-state index < -0.39 is 11.9 Å². The molecule has 3 rings (SSSR count). The highest BCUT2D eigenvalue weighted by Crippen LogP contribution is 2.36. The van der Waals surface area contributed by atoms with E-state index in [9.17, 15) is 4.79 Å². The Balaban J connectivity index is 1.62.